The second-order valence-corrected chi connectivity index (χ2v) is 15.6. The molecule has 18 heteroatoms. The minimum absolute atomic E-state index is 0.00826. The summed E-state index contributed by atoms with van der Waals surface area (Å²) in [6.45, 7) is 4.11. The van der Waals surface area contributed by atoms with Crippen LogP contribution >= 0.6 is 11.6 Å². The molecule has 0 bridgehead atoms. The molecule has 1 atom stereocenters. The Morgan fingerprint density at radius 2 is 1.66 bits per heavy atom. The number of unbranched alkanes of at least 4 members (excludes halogenated alkanes) is 1. The number of benzene rings is 4. The number of imide groups is 1. The molecule has 0 radical (unpaired) electrons. The van der Waals surface area contributed by atoms with Gasteiger partial charge in [0.15, 0.2) is 6.61 Å². The van der Waals surface area contributed by atoms with Crippen LogP contribution in [0.15, 0.2) is 96.3 Å². The smallest absolute Gasteiger partial charge is 0.266 e. The molecule has 4 aromatic carbocycles. The standard InChI is InChI=1S/C47H42ClFN8O8/c1-25-12-17-34(44(60)54-25)57-45(61)31-8-6-11-36(39(31)46(57)62)65-24-38(58)50-18-4-5-19-51-43(59)30-16-14-28(21-37(30)64-3)55-47-53-23-26-22-52-42(40-33(49)9-7-10-35(40)63-2)32-20-27(48)13-15-29(32)41(26)56-47/h6-11,13-16,20-21,23,34H,1,4-5,12,17-19,22,24H2,2-3H3,(H,50,58)(H,51,59)(H,54,60)(H,53,55,56). The summed E-state index contributed by atoms with van der Waals surface area (Å²) in [6.07, 6.45) is 3.43. The second-order valence-electron chi connectivity index (χ2n) is 15.2. The number of hydrogen-bond donors (Lipinski definition) is 4. The van der Waals surface area contributed by atoms with E-state index in [2.05, 4.69) is 32.8 Å². The molecule has 1 aromatic heterocycles. The number of nitrogens with one attached hydrogen (secondary N) is 4. The zero-order valence-electron chi connectivity index (χ0n) is 35.3. The predicted octanol–water partition coefficient (Wildman–Crippen LogP) is 6.14. The number of carbonyl (C=O) groups is 5. The van der Waals surface area contributed by atoms with Crippen LogP contribution in [-0.2, 0) is 16.1 Å². The van der Waals surface area contributed by atoms with Gasteiger partial charge >= 0.3 is 0 Å². The number of allylic oxidation sites excluding steroid dienone is 1. The number of carbonyl (C=O) groups excluding carboxylic acids is 5. The third-order valence-electron chi connectivity index (χ3n) is 11.0. The van der Waals surface area contributed by atoms with Crippen LogP contribution in [0.3, 0.4) is 0 Å². The SMILES string of the molecule is C=C1CCC(N2C(=O)c3cccc(OCC(=O)NCCCCNC(=O)c4ccc(Nc5ncc6c(n5)-c5ccc(Cl)cc5C(c5c(F)cccc5OC)=NC6)cc4OC)c3C2=O)C(=O)N1. The summed E-state index contributed by atoms with van der Waals surface area (Å²) >= 11 is 6.44. The lowest BCUT2D eigenvalue weighted by atomic mass is 9.94. The maximum absolute atomic E-state index is 15.3. The van der Waals surface area contributed by atoms with E-state index in [1.807, 2.05) is 6.07 Å². The first-order chi connectivity index (χ1) is 31.4. The molecule has 1 fully saturated rings. The molecule has 0 spiro atoms. The van der Waals surface area contributed by atoms with E-state index >= 15 is 4.39 Å². The fourth-order valence-corrected chi connectivity index (χ4v) is 8.01. The van der Waals surface area contributed by atoms with Gasteiger partial charge in [-0.25, -0.2) is 14.4 Å². The Bertz CT molecular complexity index is 2820. The van der Waals surface area contributed by atoms with Gasteiger partial charge in [0.2, 0.25) is 11.9 Å². The minimum Gasteiger partial charge on any atom is -0.496 e. The van der Waals surface area contributed by atoms with Crippen molar-refractivity contribution in [3.63, 3.8) is 0 Å². The van der Waals surface area contributed by atoms with Gasteiger partial charge in [-0.1, -0.05) is 36.4 Å². The maximum atomic E-state index is 15.3. The minimum atomic E-state index is -0.970. The molecule has 5 amide bonds. The van der Waals surface area contributed by atoms with Crippen LogP contribution in [0.1, 0.15) is 73.4 Å². The number of rotatable bonds is 15. The average molecular weight is 901 g/mol. The Kier molecular flexibility index (Phi) is 12.8. The molecule has 0 saturated carbocycles. The van der Waals surface area contributed by atoms with Crippen molar-refractivity contribution in [2.45, 2.75) is 38.3 Å². The van der Waals surface area contributed by atoms with Crippen molar-refractivity contribution in [1.82, 2.24) is 30.8 Å². The van der Waals surface area contributed by atoms with E-state index in [9.17, 15) is 24.0 Å². The summed E-state index contributed by atoms with van der Waals surface area (Å²) in [5.74, 6) is -2.08. The zero-order valence-corrected chi connectivity index (χ0v) is 36.0. The Morgan fingerprint density at radius 3 is 2.45 bits per heavy atom. The quantitative estimate of drug-likeness (QED) is 0.0695. The Balaban J connectivity index is 0.828. The number of ether oxygens (including phenoxy) is 3. The summed E-state index contributed by atoms with van der Waals surface area (Å²) < 4.78 is 32.0. The molecule has 16 nitrogen and oxygen atoms in total. The van der Waals surface area contributed by atoms with E-state index in [0.29, 0.717) is 93.9 Å². The summed E-state index contributed by atoms with van der Waals surface area (Å²) in [7, 11) is 2.93. The first-order valence-corrected chi connectivity index (χ1v) is 21.0. The van der Waals surface area contributed by atoms with Crippen LogP contribution in [0.25, 0.3) is 11.3 Å². The van der Waals surface area contributed by atoms with Gasteiger partial charge in [0.25, 0.3) is 23.6 Å². The van der Waals surface area contributed by atoms with Crippen molar-refractivity contribution < 1.29 is 42.6 Å². The normalized spacial score (nSPS) is 15.2. The van der Waals surface area contributed by atoms with Crippen LogP contribution < -0.4 is 35.5 Å². The molecule has 4 N–H and O–H groups in total. The third kappa shape index (κ3) is 9.08. The number of methoxy groups -OCH3 is 2. The summed E-state index contributed by atoms with van der Waals surface area (Å²) in [5, 5.41) is 11.8. The van der Waals surface area contributed by atoms with Gasteiger partial charge in [0.1, 0.15) is 29.1 Å². The van der Waals surface area contributed by atoms with Crippen LogP contribution in [-0.4, -0.2) is 90.1 Å². The highest BCUT2D eigenvalue weighted by Crippen LogP contribution is 2.37. The third-order valence-corrected chi connectivity index (χ3v) is 11.2. The van der Waals surface area contributed by atoms with Gasteiger partial charge in [-0.2, -0.15) is 0 Å². The molecule has 1 saturated heterocycles. The summed E-state index contributed by atoms with van der Waals surface area (Å²) in [5.41, 5.74) is 4.62. The van der Waals surface area contributed by atoms with Gasteiger partial charge in [-0.3, -0.25) is 33.9 Å². The van der Waals surface area contributed by atoms with Crippen molar-refractivity contribution in [3.05, 3.63) is 135 Å². The fraction of sp³-hybridized carbons (Fsp3) is 0.234. The Hall–Kier alpha value is -7.66. The number of aromatic nitrogens is 2. The topological polar surface area (TPSA) is 203 Å². The first kappa shape index (κ1) is 44.0. The lowest BCUT2D eigenvalue weighted by Gasteiger charge is -2.29. The van der Waals surface area contributed by atoms with Gasteiger partial charge in [0.05, 0.1) is 54.4 Å². The molecule has 3 aliphatic rings. The number of anilines is 2. The number of amides is 5. The maximum Gasteiger partial charge on any atom is 0.266 e. The number of hydrogen-bond acceptors (Lipinski definition) is 12. The molecule has 5 aromatic rings. The molecule has 0 aliphatic carbocycles. The summed E-state index contributed by atoms with van der Waals surface area (Å²) in [4.78, 5) is 79.9. The number of halogens is 2. The molecular formula is C47H42ClFN8O8. The van der Waals surface area contributed by atoms with E-state index in [1.165, 1.54) is 32.4 Å². The van der Waals surface area contributed by atoms with Crippen LogP contribution in [0.5, 0.6) is 17.2 Å². The van der Waals surface area contributed by atoms with E-state index in [-0.39, 0.29) is 47.3 Å². The van der Waals surface area contributed by atoms with E-state index in [1.54, 1.807) is 54.7 Å². The lowest BCUT2D eigenvalue weighted by Crippen LogP contribution is -2.51. The van der Waals surface area contributed by atoms with Gasteiger partial charge in [-0.05, 0) is 74.2 Å². The highest BCUT2D eigenvalue weighted by molar-refractivity contribution is 6.32. The highest BCUT2D eigenvalue weighted by atomic mass is 35.5. The van der Waals surface area contributed by atoms with Crippen LogP contribution in [0.4, 0.5) is 16.0 Å². The van der Waals surface area contributed by atoms with Crippen molar-refractivity contribution in [2.75, 3.05) is 39.2 Å². The molecule has 4 heterocycles. The van der Waals surface area contributed by atoms with Gasteiger partial charge in [-0.15, -0.1) is 0 Å². The van der Waals surface area contributed by atoms with E-state index < -0.39 is 42.1 Å². The Morgan fingerprint density at radius 1 is 0.892 bits per heavy atom. The van der Waals surface area contributed by atoms with Crippen molar-refractivity contribution in [3.8, 4) is 28.5 Å². The molecule has 332 valence electrons. The monoisotopic (exact) mass is 900 g/mol. The van der Waals surface area contributed by atoms with Gasteiger partial charge < -0.3 is 35.5 Å². The lowest BCUT2D eigenvalue weighted by molar-refractivity contribution is -0.125. The first-order valence-electron chi connectivity index (χ1n) is 20.6. The van der Waals surface area contributed by atoms with E-state index in [0.717, 1.165) is 4.90 Å². The van der Waals surface area contributed by atoms with Crippen LogP contribution in [0.2, 0.25) is 5.02 Å². The number of fused-ring (bicyclic) bond motifs is 4. The van der Waals surface area contributed by atoms with Crippen LogP contribution in [0, 0.1) is 5.82 Å². The molecule has 3 aliphatic heterocycles. The molecule has 8 rings (SSSR count). The number of nitrogens with zero attached hydrogens (tertiary/aromatic N) is 4. The predicted molar refractivity (Wildman–Crippen MR) is 238 cm³/mol. The Labute approximate surface area is 377 Å². The largest absolute Gasteiger partial charge is 0.496 e. The highest BCUT2D eigenvalue weighted by Gasteiger charge is 2.45. The summed E-state index contributed by atoms with van der Waals surface area (Å²) in [6, 6.07) is 18.4. The zero-order chi connectivity index (χ0) is 45.8. The number of aliphatic imine (C=N–C) groups is 1. The molecule has 1 unspecified atom stereocenters. The van der Waals surface area contributed by atoms with Gasteiger partial charge in [0, 0.05) is 58.5 Å². The van der Waals surface area contributed by atoms with Crippen molar-refractivity contribution >= 4 is 58.5 Å². The average Bonchev–Trinajstić information content (AvgIpc) is 3.45. The second kappa shape index (κ2) is 19.0. The fourth-order valence-electron chi connectivity index (χ4n) is 7.84. The van der Waals surface area contributed by atoms with E-state index in [4.69, 9.17) is 35.8 Å². The van der Waals surface area contributed by atoms with Crippen molar-refractivity contribution in [1.29, 1.82) is 0 Å². The van der Waals surface area contributed by atoms with Crippen molar-refractivity contribution in [2.24, 2.45) is 4.99 Å². The number of piperidine rings is 1. The molecule has 65 heavy (non-hydrogen) atoms. The molecular weight excluding hydrogens is 859 g/mol.